The van der Waals surface area contributed by atoms with Gasteiger partial charge < -0.3 is 25.2 Å². The number of nitrogens with one attached hydrogen (secondary N) is 2. The number of carboxylic acid groups (broad SMARTS) is 1. The van der Waals surface area contributed by atoms with Crippen LogP contribution in [0.3, 0.4) is 0 Å². The highest BCUT2D eigenvalue weighted by molar-refractivity contribution is 7.89. The smallest absolute Gasteiger partial charge is 0.432 e. The molecular weight excluding hydrogens is 614 g/mol. The lowest BCUT2D eigenvalue weighted by atomic mass is 10.1. The van der Waals surface area contributed by atoms with Gasteiger partial charge in [0.15, 0.2) is 5.82 Å². The molecule has 3 heterocycles. The average molecular weight is 649 g/mol. The van der Waals surface area contributed by atoms with E-state index in [1.165, 1.54) is 12.8 Å². The zero-order valence-corrected chi connectivity index (χ0v) is 25.4. The van der Waals surface area contributed by atoms with E-state index in [1.54, 1.807) is 25.3 Å². The average Bonchev–Trinajstić information content (AvgIpc) is 3.65. The largest absolute Gasteiger partial charge is 0.492 e. The Morgan fingerprint density at radius 1 is 1.04 bits per heavy atom. The second-order valence-corrected chi connectivity index (χ2v) is 12.6. The monoisotopic (exact) mass is 648 g/mol. The molecule has 0 unspecified atom stereocenters. The first-order valence-electron chi connectivity index (χ1n) is 14.4. The van der Waals surface area contributed by atoms with Crippen LogP contribution in [0.5, 0.6) is 5.75 Å². The summed E-state index contributed by atoms with van der Waals surface area (Å²) in [6.07, 6.45) is 0.847. The first kappa shape index (κ1) is 32.3. The maximum absolute atomic E-state index is 13.8. The third kappa shape index (κ3) is 7.41. The van der Waals surface area contributed by atoms with Gasteiger partial charge in [0.25, 0.3) is 5.91 Å². The van der Waals surface area contributed by atoms with E-state index in [0.29, 0.717) is 54.1 Å². The summed E-state index contributed by atoms with van der Waals surface area (Å²) in [6, 6.07) is 6.86. The van der Waals surface area contributed by atoms with Crippen LogP contribution >= 0.6 is 0 Å². The molecule has 0 saturated carbocycles. The molecule has 2 aliphatic rings. The summed E-state index contributed by atoms with van der Waals surface area (Å²) >= 11 is 0. The van der Waals surface area contributed by atoms with Gasteiger partial charge >= 0.3 is 6.09 Å². The number of carbonyl (C=O) groups is 2. The fourth-order valence-corrected chi connectivity index (χ4v) is 6.86. The lowest BCUT2D eigenvalue weighted by Crippen LogP contribution is -2.37. The number of ether oxygens (including phenoxy) is 2. The number of fused-ring (bicyclic) bond motifs is 1. The van der Waals surface area contributed by atoms with Crippen LogP contribution in [0.2, 0.25) is 0 Å². The number of nitrogens with zero attached hydrogens (tertiary/aromatic N) is 4. The van der Waals surface area contributed by atoms with Gasteiger partial charge in [-0.25, -0.2) is 22.0 Å². The number of carbonyl (C=O) groups excluding carboxylic acids is 1. The van der Waals surface area contributed by atoms with Crippen molar-refractivity contribution in [1.29, 1.82) is 0 Å². The van der Waals surface area contributed by atoms with Crippen molar-refractivity contribution in [3.8, 4) is 5.75 Å². The molecule has 5 rings (SSSR count). The van der Waals surface area contributed by atoms with Crippen LogP contribution in [0.25, 0.3) is 0 Å². The van der Waals surface area contributed by atoms with Gasteiger partial charge in [0.1, 0.15) is 24.0 Å². The summed E-state index contributed by atoms with van der Waals surface area (Å²) < 4.78 is 66.9. The molecule has 1 fully saturated rings. The normalized spacial score (nSPS) is 15.5. The van der Waals surface area contributed by atoms with Gasteiger partial charge in [-0.3, -0.25) is 9.69 Å². The van der Waals surface area contributed by atoms with Crippen molar-refractivity contribution in [3.05, 3.63) is 64.9 Å². The number of halogens is 2. The molecule has 1 amide bonds. The molecule has 0 spiro atoms. The molecule has 3 N–H and O–H groups in total. The van der Waals surface area contributed by atoms with E-state index in [9.17, 15) is 31.9 Å². The van der Waals surface area contributed by atoms with E-state index >= 15 is 0 Å². The Hall–Kier alpha value is -4.12. The number of rotatable bonds is 12. The molecule has 16 heteroatoms. The molecule has 0 radical (unpaired) electrons. The van der Waals surface area contributed by atoms with Gasteiger partial charge in [-0.05, 0) is 50.2 Å². The number of hydrogen-bond acceptors (Lipinski definition) is 9. The molecule has 242 valence electrons. The van der Waals surface area contributed by atoms with Crippen LogP contribution in [0.15, 0.2) is 41.3 Å². The topological polar surface area (TPSA) is 155 Å². The van der Waals surface area contributed by atoms with Gasteiger partial charge in [-0.1, -0.05) is 0 Å². The Morgan fingerprint density at radius 2 is 1.78 bits per heavy atom. The van der Waals surface area contributed by atoms with Crippen molar-refractivity contribution in [2.45, 2.75) is 30.7 Å². The number of methoxy groups -OCH3 is 1. The summed E-state index contributed by atoms with van der Waals surface area (Å²) in [4.78, 5) is 27.3. The molecule has 13 nitrogen and oxygen atoms in total. The Balaban J connectivity index is 1.39. The summed E-state index contributed by atoms with van der Waals surface area (Å²) in [5.41, 5.74) is 0.974. The molecular formula is C29H34F2N6O7S. The number of aromatic nitrogens is 2. The Kier molecular flexibility index (Phi) is 9.96. The van der Waals surface area contributed by atoms with Gasteiger partial charge in [0.2, 0.25) is 10.0 Å². The Morgan fingerprint density at radius 3 is 2.47 bits per heavy atom. The molecule has 45 heavy (non-hydrogen) atoms. The molecule has 1 saturated heterocycles. The predicted octanol–water partition coefficient (Wildman–Crippen LogP) is 3.22. The first-order chi connectivity index (χ1) is 21.6. The molecule has 2 aliphatic heterocycles. The van der Waals surface area contributed by atoms with Crippen molar-refractivity contribution in [2.75, 3.05) is 63.7 Å². The summed E-state index contributed by atoms with van der Waals surface area (Å²) in [6.45, 7) is 3.52. The van der Waals surface area contributed by atoms with Gasteiger partial charge in [-0.15, -0.1) is 5.10 Å². The SMILES string of the molecule is COCCNc1cc(OCCN2CCCC2)ccc1C(=O)Nc1nn(C(=O)O)c2c1CN(S(=O)(=O)c1cc(F)cc(F)c1)CC2. The maximum Gasteiger partial charge on any atom is 0.432 e. The minimum absolute atomic E-state index is 0.0746. The third-order valence-electron chi connectivity index (χ3n) is 7.64. The van der Waals surface area contributed by atoms with Crippen LogP contribution in [-0.2, 0) is 27.7 Å². The molecule has 1 aromatic heterocycles. The van der Waals surface area contributed by atoms with E-state index in [2.05, 4.69) is 20.6 Å². The highest BCUT2D eigenvalue weighted by Gasteiger charge is 2.35. The summed E-state index contributed by atoms with van der Waals surface area (Å²) in [5, 5.41) is 19.6. The highest BCUT2D eigenvalue weighted by atomic mass is 32.2. The van der Waals surface area contributed by atoms with E-state index in [1.807, 2.05) is 0 Å². The fourth-order valence-electron chi connectivity index (χ4n) is 5.40. The van der Waals surface area contributed by atoms with E-state index < -0.39 is 38.6 Å². The van der Waals surface area contributed by atoms with Crippen molar-refractivity contribution in [1.82, 2.24) is 19.0 Å². The predicted molar refractivity (Wildman–Crippen MR) is 159 cm³/mol. The number of anilines is 2. The summed E-state index contributed by atoms with van der Waals surface area (Å²) in [7, 11) is -2.83. The lowest BCUT2D eigenvalue weighted by molar-refractivity contribution is 0.102. The zero-order valence-electron chi connectivity index (χ0n) is 24.6. The quantitative estimate of drug-likeness (QED) is 0.249. The minimum Gasteiger partial charge on any atom is -0.492 e. The number of hydrogen-bond donors (Lipinski definition) is 3. The molecule has 3 aromatic rings. The number of amides is 1. The van der Waals surface area contributed by atoms with Crippen LogP contribution in [-0.4, -0.2) is 97.6 Å². The number of likely N-dealkylation sites (tertiary alicyclic amines) is 1. The standard InChI is InChI=1S/C29H34F2N6O7S/c1-43-12-7-32-25-17-21(44-13-11-35-8-2-3-9-35)4-5-23(25)28(38)33-27-24-18-36(10-6-26(24)37(34-27)29(39)40)45(41,42)22-15-19(30)14-20(31)16-22/h4-5,14-17,32H,2-3,6-13,18H2,1H3,(H,39,40)(H,33,34,38). The zero-order chi connectivity index (χ0) is 32.1. The van der Waals surface area contributed by atoms with Crippen LogP contribution in [0.1, 0.15) is 34.5 Å². The Bertz CT molecular complexity index is 1660. The lowest BCUT2D eigenvalue weighted by Gasteiger charge is -2.26. The van der Waals surface area contributed by atoms with Crippen molar-refractivity contribution >= 4 is 33.5 Å². The van der Waals surface area contributed by atoms with Crippen LogP contribution in [0, 0.1) is 11.6 Å². The molecule has 2 aromatic carbocycles. The first-order valence-corrected chi connectivity index (χ1v) is 15.8. The van der Waals surface area contributed by atoms with Crippen molar-refractivity contribution in [3.63, 3.8) is 0 Å². The second kappa shape index (κ2) is 13.9. The molecule has 0 aliphatic carbocycles. The second-order valence-electron chi connectivity index (χ2n) is 10.6. The minimum atomic E-state index is -4.38. The van der Waals surface area contributed by atoms with Crippen molar-refractivity contribution < 1.29 is 41.4 Å². The van der Waals surface area contributed by atoms with E-state index in [0.717, 1.165) is 23.9 Å². The number of sulfonamides is 1. The van der Waals surface area contributed by atoms with Gasteiger partial charge in [0.05, 0.1) is 28.4 Å². The Labute approximate surface area is 258 Å². The molecule has 0 bridgehead atoms. The summed E-state index contributed by atoms with van der Waals surface area (Å²) in [5.74, 6) is -2.36. The molecule has 0 atom stereocenters. The fraction of sp³-hybridized carbons (Fsp3) is 0.414. The van der Waals surface area contributed by atoms with Crippen LogP contribution in [0.4, 0.5) is 25.1 Å². The van der Waals surface area contributed by atoms with Gasteiger partial charge in [0, 0.05) is 57.4 Å². The number of benzene rings is 2. The highest BCUT2D eigenvalue weighted by Crippen LogP contribution is 2.31. The van der Waals surface area contributed by atoms with E-state index in [-0.39, 0.29) is 42.1 Å². The van der Waals surface area contributed by atoms with Crippen LogP contribution < -0.4 is 15.4 Å². The van der Waals surface area contributed by atoms with Crippen molar-refractivity contribution in [2.24, 2.45) is 0 Å². The van der Waals surface area contributed by atoms with Gasteiger partial charge in [-0.2, -0.15) is 8.99 Å². The maximum atomic E-state index is 13.8. The third-order valence-corrected chi connectivity index (χ3v) is 9.46. The van der Waals surface area contributed by atoms with E-state index in [4.69, 9.17) is 9.47 Å².